The zero-order chi connectivity index (χ0) is 18.1. The van der Waals surface area contributed by atoms with Gasteiger partial charge in [0.15, 0.2) is 0 Å². The summed E-state index contributed by atoms with van der Waals surface area (Å²) in [7, 11) is 0. The third-order valence-electron chi connectivity index (χ3n) is 5.56. The van der Waals surface area contributed by atoms with E-state index in [0.29, 0.717) is 28.2 Å². The predicted molar refractivity (Wildman–Crippen MR) is 100 cm³/mol. The molecule has 2 fully saturated rings. The Morgan fingerprint density at radius 2 is 1.96 bits per heavy atom. The fraction of sp³-hybridized carbons (Fsp3) is 0.474. The summed E-state index contributed by atoms with van der Waals surface area (Å²) in [6.45, 7) is 0.790. The molecule has 2 aromatic rings. The van der Waals surface area contributed by atoms with Crippen molar-refractivity contribution in [2.75, 3.05) is 6.54 Å². The second-order valence-electron chi connectivity index (χ2n) is 7.06. The second kappa shape index (κ2) is 7.15. The van der Waals surface area contributed by atoms with Gasteiger partial charge in [-0.3, -0.25) is 14.9 Å². The first-order valence-corrected chi connectivity index (χ1v) is 10.0. The molecular formula is C19H21N3O3S. The van der Waals surface area contributed by atoms with Gasteiger partial charge in [-0.15, -0.1) is 11.3 Å². The molecule has 2 aliphatic rings. The Morgan fingerprint density at radius 1 is 1.19 bits per heavy atom. The molecule has 1 aliphatic heterocycles. The fourth-order valence-electron chi connectivity index (χ4n) is 4.33. The smallest absolute Gasteiger partial charge is 0.279 e. The summed E-state index contributed by atoms with van der Waals surface area (Å²) >= 11 is 1.29. The van der Waals surface area contributed by atoms with Crippen LogP contribution in [0.15, 0.2) is 29.6 Å². The van der Waals surface area contributed by atoms with Crippen LogP contribution >= 0.6 is 11.3 Å². The van der Waals surface area contributed by atoms with Crippen molar-refractivity contribution in [1.29, 1.82) is 0 Å². The summed E-state index contributed by atoms with van der Waals surface area (Å²) in [5.74, 6) is 0.595. The third kappa shape index (κ3) is 3.11. The van der Waals surface area contributed by atoms with E-state index in [1.54, 1.807) is 23.6 Å². The van der Waals surface area contributed by atoms with Gasteiger partial charge < -0.3 is 4.90 Å². The summed E-state index contributed by atoms with van der Waals surface area (Å²) in [6.07, 6.45) is 7.01. The number of likely N-dealkylation sites (tertiary alicyclic amines) is 1. The Bertz CT molecular complexity index is 833. The molecule has 2 atom stereocenters. The van der Waals surface area contributed by atoms with Gasteiger partial charge in [0.2, 0.25) is 0 Å². The first kappa shape index (κ1) is 17.1. The number of rotatable bonds is 3. The summed E-state index contributed by atoms with van der Waals surface area (Å²) in [5, 5.41) is 13.5. The lowest BCUT2D eigenvalue weighted by molar-refractivity contribution is -0.384. The number of carbonyl (C=O) groups is 1. The van der Waals surface area contributed by atoms with E-state index in [9.17, 15) is 14.9 Å². The van der Waals surface area contributed by atoms with Crippen LogP contribution in [0.25, 0.3) is 10.6 Å². The predicted octanol–water partition coefficient (Wildman–Crippen LogP) is 4.51. The number of benzene rings is 1. The lowest BCUT2D eigenvalue weighted by Gasteiger charge is -2.43. The van der Waals surface area contributed by atoms with Crippen LogP contribution in [-0.2, 0) is 0 Å². The van der Waals surface area contributed by atoms with Crippen LogP contribution in [0.1, 0.15) is 49.0 Å². The Labute approximate surface area is 156 Å². The van der Waals surface area contributed by atoms with Gasteiger partial charge in [-0.25, -0.2) is 4.98 Å². The monoisotopic (exact) mass is 371 g/mol. The molecule has 1 aromatic heterocycles. The highest BCUT2D eigenvalue weighted by Gasteiger charge is 2.36. The molecule has 1 amide bonds. The third-order valence-corrected chi connectivity index (χ3v) is 6.43. The summed E-state index contributed by atoms with van der Waals surface area (Å²) in [6, 6.07) is 6.88. The van der Waals surface area contributed by atoms with Crippen molar-refractivity contribution in [1.82, 2.24) is 9.88 Å². The molecule has 0 bridgehead atoms. The number of fused-ring (bicyclic) bond motifs is 1. The highest BCUT2D eigenvalue weighted by Crippen LogP contribution is 2.37. The normalized spacial score (nSPS) is 22.7. The molecule has 1 saturated heterocycles. The van der Waals surface area contributed by atoms with E-state index in [4.69, 9.17) is 0 Å². The Balaban J connectivity index is 1.60. The minimum atomic E-state index is -0.407. The summed E-state index contributed by atoms with van der Waals surface area (Å²) in [5.41, 5.74) is 0.899. The number of nitrogens with zero attached hydrogens (tertiary/aromatic N) is 3. The van der Waals surface area contributed by atoms with Crippen LogP contribution in [0.3, 0.4) is 0 Å². The molecule has 26 heavy (non-hydrogen) atoms. The quantitative estimate of drug-likeness (QED) is 0.587. The Hall–Kier alpha value is -2.28. The molecule has 0 spiro atoms. The van der Waals surface area contributed by atoms with E-state index in [0.717, 1.165) is 19.4 Å². The number of hydrogen-bond acceptors (Lipinski definition) is 5. The second-order valence-corrected chi connectivity index (χ2v) is 7.92. The zero-order valence-electron chi connectivity index (χ0n) is 14.5. The molecule has 1 aliphatic carbocycles. The molecule has 4 rings (SSSR count). The molecule has 0 N–H and O–H groups in total. The average molecular weight is 371 g/mol. The highest BCUT2D eigenvalue weighted by atomic mass is 32.1. The van der Waals surface area contributed by atoms with Crippen molar-refractivity contribution in [3.63, 3.8) is 0 Å². The molecule has 1 saturated carbocycles. The SMILES string of the molecule is O=C(c1csc(-c2ccccc2[N+](=O)[O-])n1)N1CCCC2CCCCC21. The number of piperidine rings is 1. The molecule has 1 aromatic carbocycles. The maximum Gasteiger partial charge on any atom is 0.279 e. The molecule has 0 radical (unpaired) electrons. The van der Waals surface area contributed by atoms with Crippen molar-refractivity contribution in [2.45, 2.75) is 44.6 Å². The summed E-state index contributed by atoms with van der Waals surface area (Å²) < 4.78 is 0. The largest absolute Gasteiger partial charge is 0.334 e. The van der Waals surface area contributed by atoms with Gasteiger partial charge in [0.25, 0.3) is 11.6 Å². The van der Waals surface area contributed by atoms with Crippen molar-refractivity contribution in [2.24, 2.45) is 5.92 Å². The van der Waals surface area contributed by atoms with E-state index in [2.05, 4.69) is 4.98 Å². The van der Waals surface area contributed by atoms with Gasteiger partial charge in [-0.05, 0) is 37.7 Å². The number of nitro benzene ring substituents is 1. The van der Waals surface area contributed by atoms with Crippen molar-refractivity contribution >= 4 is 22.9 Å². The highest BCUT2D eigenvalue weighted by molar-refractivity contribution is 7.13. The van der Waals surface area contributed by atoms with Gasteiger partial charge in [-0.2, -0.15) is 0 Å². The molecular weight excluding hydrogens is 350 g/mol. The van der Waals surface area contributed by atoms with Crippen LogP contribution in [0.5, 0.6) is 0 Å². The van der Waals surface area contributed by atoms with Crippen LogP contribution in [-0.4, -0.2) is 33.3 Å². The van der Waals surface area contributed by atoms with E-state index in [1.165, 1.54) is 43.1 Å². The van der Waals surface area contributed by atoms with Crippen LogP contribution in [0.4, 0.5) is 5.69 Å². The summed E-state index contributed by atoms with van der Waals surface area (Å²) in [4.78, 5) is 30.4. The molecule has 7 heteroatoms. The maximum absolute atomic E-state index is 13.1. The molecule has 6 nitrogen and oxygen atoms in total. The lowest BCUT2D eigenvalue weighted by Crippen LogP contribution is -2.49. The Kier molecular flexibility index (Phi) is 4.72. The van der Waals surface area contributed by atoms with E-state index < -0.39 is 4.92 Å². The van der Waals surface area contributed by atoms with Gasteiger partial charge in [-0.1, -0.05) is 25.0 Å². The number of para-hydroxylation sites is 1. The number of nitro groups is 1. The lowest BCUT2D eigenvalue weighted by atomic mass is 9.78. The average Bonchev–Trinajstić information content (AvgIpc) is 3.17. The maximum atomic E-state index is 13.1. The first-order chi connectivity index (χ1) is 12.6. The van der Waals surface area contributed by atoms with Gasteiger partial charge >= 0.3 is 0 Å². The van der Waals surface area contributed by atoms with Crippen LogP contribution < -0.4 is 0 Å². The molecule has 2 heterocycles. The Morgan fingerprint density at radius 3 is 2.81 bits per heavy atom. The van der Waals surface area contributed by atoms with Gasteiger partial charge in [0, 0.05) is 24.0 Å². The standard InChI is InChI=1S/C19H21N3O3S/c23-19(21-11-5-7-13-6-1-3-9-16(13)21)15-12-26-18(20-15)14-8-2-4-10-17(14)22(24)25/h2,4,8,10,12-13,16H,1,3,5-7,9,11H2. The van der Waals surface area contributed by atoms with Crippen molar-refractivity contribution in [3.05, 3.63) is 45.5 Å². The van der Waals surface area contributed by atoms with E-state index in [-0.39, 0.29) is 11.6 Å². The zero-order valence-corrected chi connectivity index (χ0v) is 15.3. The van der Waals surface area contributed by atoms with Crippen molar-refractivity contribution < 1.29 is 9.72 Å². The number of amides is 1. The van der Waals surface area contributed by atoms with E-state index in [1.807, 2.05) is 4.90 Å². The van der Waals surface area contributed by atoms with Crippen molar-refractivity contribution in [3.8, 4) is 10.6 Å². The minimum absolute atomic E-state index is 0.0196. The van der Waals surface area contributed by atoms with Crippen LogP contribution in [0.2, 0.25) is 0 Å². The van der Waals surface area contributed by atoms with Crippen LogP contribution in [0, 0.1) is 16.0 Å². The number of carbonyl (C=O) groups excluding carboxylic acids is 1. The van der Waals surface area contributed by atoms with E-state index >= 15 is 0 Å². The number of aromatic nitrogens is 1. The molecule has 2 unspecified atom stereocenters. The fourth-order valence-corrected chi connectivity index (χ4v) is 5.16. The van der Waals surface area contributed by atoms with Gasteiger partial charge in [0.05, 0.1) is 10.5 Å². The minimum Gasteiger partial charge on any atom is -0.334 e. The number of thiazole rings is 1. The first-order valence-electron chi connectivity index (χ1n) is 9.15. The topological polar surface area (TPSA) is 76.3 Å². The van der Waals surface area contributed by atoms with Gasteiger partial charge in [0.1, 0.15) is 10.7 Å². The molecule has 136 valence electrons. The number of hydrogen-bond donors (Lipinski definition) is 0.